The third-order valence-corrected chi connectivity index (χ3v) is 23.5. The van der Waals surface area contributed by atoms with Crippen molar-refractivity contribution in [2.75, 3.05) is 9.80 Å². The highest BCUT2D eigenvalue weighted by atomic mass is 32.1. The highest BCUT2D eigenvalue weighted by Crippen LogP contribution is 2.56. The van der Waals surface area contributed by atoms with Crippen LogP contribution >= 0.6 is 22.7 Å². The largest absolute Gasteiger partial charge is 0.455 e. The summed E-state index contributed by atoms with van der Waals surface area (Å²) in [6.07, 6.45) is 0. The third kappa shape index (κ3) is 6.93. The van der Waals surface area contributed by atoms with Gasteiger partial charge in [-0.1, -0.05) is 181 Å². The van der Waals surface area contributed by atoms with Gasteiger partial charge in [-0.3, -0.25) is 0 Å². The van der Waals surface area contributed by atoms with Crippen molar-refractivity contribution in [3.8, 4) is 22.3 Å². The molecule has 0 spiro atoms. The summed E-state index contributed by atoms with van der Waals surface area (Å²) in [5.74, 6) is 0.343. The molecule has 20 rings (SSSR count). The van der Waals surface area contributed by atoms with Crippen LogP contribution in [0.1, 0.15) is 75.3 Å². The van der Waals surface area contributed by atoms with Crippen LogP contribution in [0, 0.1) is 0 Å². The van der Waals surface area contributed by atoms with E-state index in [1.54, 1.807) is 0 Å². The van der Waals surface area contributed by atoms with Crippen molar-refractivity contribution in [2.24, 2.45) is 0 Å². The van der Waals surface area contributed by atoms with Gasteiger partial charge in [-0.15, -0.1) is 22.7 Å². The van der Waals surface area contributed by atoms with Gasteiger partial charge in [0.15, 0.2) is 0 Å². The molecular formula is C85H59N3OS2. The van der Waals surface area contributed by atoms with E-state index in [1.165, 1.54) is 140 Å². The molecule has 91 heavy (non-hydrogen) atoms. The van der Waals surface area contributed by atoms with Crippen molar-refractivity contribution in [1.82, 2.24) is 4.40 Å². The zero-order valence-electron chi connectivity index (χ0n) is 51.2. The molecule has 0 aliphatic heterocycles. The second kappa shape index (κ2) is 18.2. The minimum Gasteiger partial charge on any atom is -0.455 e. The summed E-state index contributed by atoms with van der Waals surface area (Å²) in [6.45, 7) is 14.2. The number of rotatable bonds is 7. The average Bonchev–Trinajstić information content (AvgIpc) is 1.54. The van der Waals surface area contributed by atoms with Crippen molar-refractivity contribution in [2.45, 2.75) is 58.3 Å². The topological polar surface area (TPSA) is 24.0 Å². The molecule has 5 heterocycles. The molecule has 0 N–H and O–H groups in total. The van der Waals surface area contributed by atoms with E-state index in [9.17, 15) is 0 Å². The molecule has 0 amide bonds. The number of fused-ring (bicyclic) bond motifs is 24. The normalized spacial score (nSPS) is 14.1. The molecule has 5 aromatic heterocycles. The van der Waals surface area contributed by atoms with Crippen LogP contribution in [0.5, 0.6) is 0 Å². The Balaban J connectivity index is 0.802. The minimum absolute atomic E-state index is 0.163. The van der Waals surface area contributed by atoms with Gasteiger partial charge in [-0.25, -0.2) is 0 Å². The molecule has 0 saturated carbocycles. The maximum Gasteiger partial charge on any atom is 0.143 e. The third-order valence-electron chi connectivity index (χ3n) is 21.1. The van der Waals surface area contributed by atoms with Crippen LogP contribution in [0.4, 0.5) is 34.1 Å². The van der Waals surface area contributed by atoms with Gasteiger partial charge in [0, 0.05) is 114 Å². The summed E-state index contributed by atoms with van der Waals surface area (Å²) >= 11 is 3.76. The number of hydrogen-bond donors (Lipinski definition) is 0. The molecule has 0 atom stereocenters. The van der Waals surface area contributed by atoms with E-state index >= 15 is 0 Å². The molecule has 18 aromatic rings. The first-order valence-electron chi connectivity index (χ1n) is 31.9. The van der Waals surface area contributed by atoms with Gasteiger partial charge in [0.05, 0.1) is 37.3 Å². The number of aromatic nitrogens is 1. The van der Waals surface area contributed by atoms with E-state index in [2.05, 4.69) is 298 Å². The van der Waals surface area contributed by atoms with Gasteiger partial charge >= 0.3 is 0 Å². The Hall–Kier alpha value is -10.2. The zero-order valence-corrected chi connectivity index (χ0v) is 52.9. The number of thiophene rings is 2. The van der Waals surface area contributed by atoms with E-state index in [0.29, 0.717) is 5.92 Å². The smallest absolute Gasteiger partial charge is 0.143 e. The lowest BCUT2D eigenvalue weighted by atomic mass is 9.82. The summed E-state index contributed by atoms with van der Waals surface area (Å²) in [5, 5.41) is 14.7. The van der Waals surface area contributed by atoms with Gasteiger partial charge in [0.2, 0.25) is 0 Å². The molecule has 0 radical (unpaired) electrons. The molecule has 13 aromatic carbocycles. The first-order chi connectivity index (χ1) is 44.5. The lowest BCUT2D eigenvalue weighted by molar-refractivity contribution is 0.660. The predicted molar refractivity (Wildman–Crippen MR) is 390 cm³/mol. The fourth-order valence-corrected chi connectivity index (χ4v) is 19.0. The number of furan rings is 1. The molecule has 0 bridgehead atoms. The van der Waals surface area contributed by atoms with Crippen LogP contribution in [-0.4, -0.2) is 4.40 Å². The van der Waals surface area contributed by atoms with E-state index in [-0.39, 0.29) is 10.8 Å². The molecule has 0 saturated heterocycles. The minimum atomic E-state index is -0.168. The van der Waals surface area contributed by atoms with Crippen molar-refractivity contribution in [1.29, 1.82) is 0 Å². The van der Waals surface area contributed by atoms with E-state index in [1.807, 2.05) is 22.7 Å². The Morgan fingerprint density at radius 2 is 0.780 bits per heavy atom. The summed E-state index contributed by atoms with van der Waals surface area (Å²) < 4.78 is 15.1. The second-order valence-corrected chi connectivity index (χ2v) is 29.0. The molecular weight excluding hydrogens is 1140 g/mol. The van der Waals surface area contributed by atoms with Gasteiger partial charge in [-0.05, 0) is 153 Å². The fraction of sp³-hybridized carbons (Fsp3) is 0.106. The zero-order chi connectivity index (χ0) is 60.5. The highest BCUT2D eigenvalue weighted by molar-refractivity contribution is 7.26. The van der Waals surface area contributed by atoms with Crippen LogP contribution in [0.25, 0.3) is 133 Å². The predicted octanol–water partition coefficient (Wildman–Crippen LogP) is 25.3. The summed E-state index contributed by atoms with van der Waals surface area (Å²) in [6, 6.07) is 92.1. The molecule has 4 nitrogen and oxygen atoms in total. The van der Waals surface area contributed by atoms with Crippen LogP contribution in [0.15, 0.2) is 247 Å². The Kier molecular flexibility index (Phi) is 10.3. The number of nitrogens with zero attached hydrogens (tertiary/aromatic N) is 3. The van der Waals surface area contributed by atoms with Gasteiger partial charge in [0.1, 0.15) is 11.2 Å². The number of benzene rings is 13. The number of hydrogen-bond acceptors (Lipinski definition) is 5. The molecule has 0 unspecified atom stereocenters. The molecule has 0 fully saturated rings. The van der Waals surface area contributed by atoms with Crippen LogP contribution in [0.3, 0.4) is 0 Å². The Morgan fingerprint density at radius 3 is 1.36 bits per heavy atom. The standard InChI is InChI=1S/C85H59N3OS2/c1-47(2)48-41-67-57-35-31-51(86(73-25-15-21-65-59-19-9-13-27-77(59)90-82(65)73)49-29-33-55-53-17-7-11-23-69(53)84(3,4)71(55)43-49)45-75(57)88-79-61-37-39-63-58-36-32-52(46-76(58)89-81(63)64(61)40-38-62(79)68(42-48)80(67)88)87(74-26-16-22-66-60-20-10-14-28-78(60)91-83(66)74)50-30-34-56-54-18-8-12-24-70(54)85(5,6)72(56)44-50/h7-47H,1-6H3. The molecule has 2 aliphatic carbocycles. The Morgan fingerprint density at radius 1 is 0.352 bits per heavy atom. The van der Waals surface area contributed by atoms with Gasteiger partial charge in [0.25, 0.3) is 0 Å². The monoisotopic (exact) mass is 1200 g/mol. The lowest BCUT2D eigenvalue weighted by Crippen LogP contribution is -2.16. The molecule has 432 valence electrons. The van der Waals surface area contributed by atoms with Crippen LogP contribution < -0.4 is 9.80 Å². The maximum absolute atomic E-state index is 7.38. The van der Waals surface area contributed by atoms with Crippen LogP contribution in [-0.2, 0) is 10.8 Å². The van der Waals surface area contributed by atoms with Crippen molar-refractivity contribution >= 4 is 168 Å². The second-order valence-electron chi connectivity index (χ2n) is 26.9. The Labute approximate surface area is 534 Å². The van der Waals surface area contributed by atoms with E-state index < -0.39 is 0 Å². The van der Waals surface area contributed by atoms with E-state index in [0.717, 1.165) is 55.8 Å². The molecule has 6 heteroatoms. The first kappa shape index (κ1) is 51.6. The molecule has 2 aliphatic rings. The van der Waals surface area contributed by atoms with Crippen molar-refractivity contribution < 1.29 is 4.42 Å². The first-order valence-corrected chi connectivity index (χ1v) is 33.5. The van der Waals surface area contributed by atoms with Crippen LogP contribution in [0.2, 0.25) is 0 Å². The summed E-state index contributed by atoms with van der Waals surface area (Å²) in [5.41, 5.74) is 23.9. The van der Waals surface area contributed by atoms with Crippen molar-refractivity contribution in [3.05, 3.63) is 270 Å². The Bertz CT molecular complexity index is 6220. The van der Waals surface area contributed by atoms with Crippen molar-refractivity contribution in [3.63, 3.8) is 0 Å². The lowest BCUT2D eigenvalue weighted by Gasteiger charge is -2.28. The quantitative estimate of drug-likeness (QED) is 0.159. The average molecular weight is 1200 g/mol. The summed E-state index contributed by atoms with van der Waals surface area (Å²) in [4.78, 5) is 5.02. The number of anilines is 6. The van der Waals surface area contributed by atoms with Gasteiger partial charge in [-0.2, -0.15) is 0 Å². The van der Waals surface area contributed by atoms with E-state index in [4.69, 9.17) is 4.42 Å². The highest BCUT2D eigenvalue weighted by Gasteiger charge is 2.38. The fourth-order valence-electron chi connectivity index (χ4n) is 16.6. The summed E-state index contributed by atoms with van der Waals surface area (Å²) in [7, 11) is 0. The SMILES string of the molecule is CC(C)c1cc2c3ccc(N(c4ccc5c(c4)C(C)(C)c4ccccc4-5)c4cccc5c4sc4ccccc45)cc3n3c4c5ccc6c7ccc(N(c8ccc9c(c8)C(C)(C)c8ccccc8-9)c8cccc9c8sc8ccccc89)cc7oc6c5ccc4c(c1)c23. The maximum atomic E-state index is 7.38. The van der Waals surface area contributed by atoms with Gasteiger partial charge < -0.3 is 18.6 Å².